The predicted molar refractivity (Wildman–Crippen MR) is 110 cm³/mol. The van der Waals surface area contributed by atoms with E-state index >= 15 is 0 Å². The summed E-state index contributed by atoms with van der Waals surface area (Å²) in [5, 5.41) is 0.440. The van der Waals surface area contributed by atoms with Gasteiger partial charge in [0.2, 0.25) is 10.0 Å². The van der Waals surface area contributed by atoms with Gasteiger partial charge in [-0.25, -0.2) is 8.42 Å². The lowest BCUT2D eigenvalue weighted by molar-refractivity contribution is 0.337. The maximum absolute atomic E-state index is 13.0. The molecule has 0 atom stereocenters. The van der Waals surface area contributed by atoms with Gasteiger partial charge in [-0.2, -0.15) is 4.31 Å². The molecular weight excluding hydrogens is 431 g/mol. The molecule has 2 aromatic rings. The first kappa shape index (κ1) is 20.6. The van der Waals surface area contributed by atoms with Crippen LogP contribution in [0.5, 0.6) is 5.75 Å². The zero-order valence-electron chi connectivity index (χ0n) is 14.7. The number of hydrogen-bond acceptors (Lipinski definition) is 4. The van der Waals surface area contributed by atoms with Crippen molar-refractivity contribution in [2.24, 2.45) is 0 Å². The highest BCUT2D eigenvalue weighted by Crippen LogP contribution is 2.34. The van der Waals surface area contributed by atoms with Gasteiger partial charge in [0.1, 0.15) is 10.6 Å². The van der Waals surface area contributed by atoms with Crippen molar-refractivity contribution in [1.29, 1.82) is 0 Å². The second-order valence-corrected chi connectivity index (χ2v) is 9.12. The van der Waals surface area contributed by atoms with Crippen LogP contribution in [-0.4, -0.2) is 45.5 Å². The van der Waals surface area contributed by atoms with Gasteiger partial charge in [0.15, 0.2) is 0 Å². The van der Waals surface area contributed by atoms with Crippen LogP contribution in [0, 0.1) is 0 Å². The molecule has 27 heavy (non-hydrogen) atoms. The van der Waals surface area contributed by atoms with E-state index in [1.54, 1.807) is 0 Å². The van der Waals surface area contributed by atoms with Gasteiger partial charge in [-0.1, -0.05) is 46.9 Å². The molecule has 3 rings (SSSR count). The Hall–Kier alpha value is -1.18. The summed E-state index contributed by atoms with van der Waals surface area (Å²) in [5.74, 6) is 0.795. The van der Waals surface area contributed by atoms with E-state index in [4.69, 9.17) is 39.5 Å². The van der Waals surface area contributed by atoms with Gasteiger partial charge in [-0.3, -0.25) is 0 Å². The number of ether oxygens (including phenoxy) is 1. The number of para-hydroxylation sites is 2. The molecule has 0 amide bonds. The van der Waals surface area contributed by atoms with Gasteiger partial charge in [-0.15, -0.1) is 0 Å². The lowest BCUT2D eigenvalue weighted by Crippen LogP contribution is -2.48. The van der Waals surface area contributed by atoms with E-state index in [1.807, 2.05) is 31.2 Å². The molecule has 146 valence electrons. The van der Waals surface area contributed by atoms with Gasteiger partial charge < -0.3 is 9.64 Å². The van der Waals surface area contributed by atoms with Gasteiger partial charge >= 0.3 is 0 Å². The number of anilines is 1. The van der Waals surface area contributed by atoms with Crippen LogP contribution in [0.3, 0.4) is 0 Å². The Kier molecular flexibility index (Phi) is 6.43. The Morgan fingerprint density at radius 1 is 0.963 bits per heavy atom. The van der Waals surface area contributed by atoms with Gasteiger partial charge in [-0.05, 0) is 31.2 Å². The normalized spacial score (nSPS) is 15.8. The van der Waals surface area contributed by atoms with Crippen LogP contribution in [0.25, 0.3) is 0 Å². The van der Waals surface area contributed by atoms with E-state index < -0.39 is 10.0 Å². The summed E-state index contributed by atoms with van der Waals surface area (Å²) in [5.41, 5.74) is 0.962. The number of halogens is 3. The third kappa shape index (κ3) is 4.30. The Labute approximate surface area is 174 Å². The van der Waals surface area contributed by atoms with Crippen LogP contribution in [-0.2, 0) is 10.0 Å². The first-order chi connectivity index (χ1) is 12.8. The molecule has 1 aliphatic heterocycles. The number of rotatable bonds is 5. The Balaban J connectivity index is 1.79. The van der Waals surface area contributed by atoms with Crippen LogP contribution >= 0.6 is 34.8 Å². The quantitative estimate of drug-likeness (QED) is 0.628. The number of sulfonamides is 1. The van der Waals surface area contributed by atoms with Gasteiger partial charge in [0.05, 0.1) is 27.4 Å². The van der Waals surface area contributed by atoms with Crippen LogP contribution in [0.4, 0.5) is 5.69 Å². The van der Waals surface area contributed by atoms with E-state index in [9.17, 15) is 8.42 Å². The topological polar surface area (TPSA) is 49.9 Å². The van der Waals surface area contributed by atoms with Gasteiger partial charge in [0, 0.05) is 26.2 Å². The minimum absolute atomic E-state index is 0.0262. The van der Waals surface area contributed by atoms with Crippen molar-refractivity contribution >= 4 is 50.5 Å². The maximum Gasteiger partial charge on any atom is 0.244 e. The second-order valence-electron chi connectivity index (χ2n) is 5.99. The summed E-state index contributed by atoms with van der Waals surface area (Å²) in [6.45, 7) is 4.26. The van der Waals surface area contributed by atoms with Crippen LogP contribution in [0.15, 0.2) is 41.3 Å². The smallest absolute Gasteiger partial charge is 0.244 e. The van der Waals surface area contributed by atoms with Gasteiger partial charge in [0.25, 0.3) is 0 Å². The Morgan fingerprint density at radius 3 is 2.26 bits per heavy atom. The van der Waals surface area contributed by atoms with E-state index in [0.717, 1.165) is 11.4 Å². The average Bonchev–Trinajstić information content (AvgIpc) is 2.65. The molecule has 1 fully saturated rings. The van der Waals surface area contributed by atoms with Crippen molar-refractivity contribution in [2.45, 2.75) is 11.8 Å². The summed E-state index contributed by atoms with van der Waals surface area (Å²) >= 11 is 18.0. The number of hydrogen-bond donors (Lipinski definition) is 0. The highest BCUT2D eigenvalue weighted by atomic mass is 35.5. The summed E-state index contributed by atoms with van der Waals surface area (Å²) in [7, 11) is -3.76. The summed E-state index contributed by atoms with van der Waals surface area (Å²) < 4.78 is 33.1. The fourth-order valence-corrected chi connectivity index (χ4v) is 5.40. The average molecular weight is 450 g/mol. The summed E-state index contributed by atoms with van der Waals surface area (Å²) in [4.78, 5) is 2.09. The minimum Gasteiger partial charge on any atom is -0.492 e. The first-order valence-electron chi connectivity index (χ1n) is 8.46. The Morgan fingerprint density at radius 2 is 1.59 bits per heavy atom. The highest BCUT2D eigenvalue weighted by Gasteiger charge is 2.31. The molecule has 0 N–H and O–H groups in total. The van der Waals surface area contributed by atoms with E-state index in [2.05, 4.69) is 4.90 Å². The summed E-state index contributed by atoms with van der Waals surface area (Å²) in [6.07, 6.45) is 0. The predicted octanol–water partition coefficient (Wildman–Crippen LogP) is 4.56. The molecule has 1 aliphatic rings. The molecule has 0 radical (unpaired) electrons. The van der Waals surface area contributed by atoms with E-state index in [0.29, 0.717) is 32.8 Å². The highest BCUT2D eigenvalue weighted by molar-refractivity contribution is 7.89. The third-order valence-corrected chi connectivity index (χ3v) is 7.42. The fourth-order valence-electron chi connectivity index (χ4n) is 3.01. The van der Waals surface area contributed by atoms with Crippen LogP contribution in [0.2, 0.25) is 15.1 Å². The minimum atomic E-state index is -3.76. The summed E-state index contributed by atoms with van der Waals surface area (Å²) in [6, 6.07) is 10.4. The molecule has 5 nitrogen and oxygen atoms in total. The molecule has 0 unspecified atom stereocenters. The van der Waals surface area contributed by atoms with E-state index in [1.165, 1.54) is 16.4 Å². The Bertz CT molecular complexity index is 929. The lowest BCUT2D eigenvalue weighted by atomic mass is 10.2. The van der Waals surface area contributed by atoms with Crippen molar-refractivity contribution in [2.75, 3.05) is 37.7 Å². The first-order valence-corrected chi connectivity index (χ1v) is 11.0. The maximum atomic E-state index is 13.0. The molecule has 0 saturated carbocycles. The van der Waals surface area contributed by atoms with Crippen LogP contribution in [0.1, 0.15) is 6.92 Å². The molecule has 1 saturated heterocycles. The standard InChI is InChI=1S/C18H19Cl3N2O3S/c1-2-26-17-6-4-3-5-16(17)22-7-9-23(10-8-22)27(24,25)18-12-14(20)13(19)11-15(18)21/h3-6,11-12H,2,7-10H2,1H3. The fraction of sp³-hybridized carbons (Fsp3) is 0.333. The zero-order chi connectivity index (χ0) is 19.6. The molecular formula is C18H19Cl3N2O3S. The number of benzene rings is 2. The molecule has 0 spiro atoms. The second kappa shape index (κ2) is 8.45. The SMILES string of the molecule is CCOc1ccccc1N1CCN(S(=O)(=O)c2cc(Cl)c(Cl)cc2Cl)CC1. The van der Waals surface area contributed by atoms with Crippen molar-refractivity contribution < 1.29 is 13.2 Å². The molecule has 0 bridgehead atoms. The third-order valence-electron chi connectivity index (χ3n) is 4.34. The lowest BCUT2D eigenvalue weighted by Gasteiger charge is -2.36. The molecule has 0 aromatic heterocycles. The van der Waals surface area contributed by atoms with Crippen LogP contribution < -0.4 is 9.64 Å². The molecule has 0 aliphatic carbocycles. The monoisotopic (exact) mass is 448 g/mol. The molecule has 2 aromatic carbocycles. The molecule has 9 heteroatoms. The van der Waals surface area contributed by atoms with Crippen molar-refractivity contribution in [3.05, 3.63) is 51.5 Å². The largest absolute Gasteiger partial charge is 0.492 e. The molecule has 1 heterocycles. The number of piperazine rings is 1. The number of nitrogens with zero attached hydrogens (tertiary/aromatic N) is 2. The zero-order valence-corrected chi connectivity index (χ0v) is 17.7. The van der Waals surface area contributed by atoms with Crippen molar-refractivity contribution in [1.82, 2.24) is 4.31 Å². The van der Waals surface area contributed by atoms with Crippen molar-refractivity contribution in [3.63, 3.8) is 0 Å². The van der Waals surface area contributed by atoms with E-state index in [-0.39, 0.29) is 20.0 Å². The van der Waals surface area contributed by atoms with Crippen molar-refractivity contribution in [3.8, 4) is 5.75 Å².